The molecule has 0 aliphatic carbocycles. The fraction of sp³-hybridized carbons (Fsp3) is 0.643. The van der Waals surface area contributed by atoms with Crippen LogP contribution in [0.15, 0.2) is 18.3 Å². The third-order valence-electron chi connectivity index (χ3n) is 3.63. The number of nitrogens with two attached hydrogens (primary N) is 1. The van der Waals surface area contributed by atoms with Crippen molar-refractivity contribution < 1.29 is 0 Å². The Bertz CT molecular complexity index is 370. The highest BCUT2D eigenvalue weighted by atomic mass is 15.3. The maximum absolute atomic E-state index is 5.62. The first-order valence-electron chi connectivity index (χ1n) is 6.79. The van der Waals surface area contributed by atoms with Crippen molar-refractivity contribution in [2.45, 2.75) is 33.0 Å². The van der Waals surface area contributed by atoms with Gasteiger partial charge in [-0.3, -0.25) is 14.8 Å². The summed E-state index contributed by atoms with van der Waals surface area (Å²) in [7, 11) is 0. The van der Waals surface area contributed by atoms with Gasteiger partial charge >= 0.3 is 0 Å². The average molecular weight is 248 g/mol. The van der Waals surface area contributed by atoms with Gasteiger partial charge in [0.05, 0.1) is 5.69 Å². The molecule has 4 nitrogen and oxygen atoms in total. The van der Waals surface area contributed by atoms with Crippen LogP contribution in [0.5, 0.6) is 0 Å². The maximum Gasteiger partial charge on any atom is 0.0542 e. The van der Waals surface area contributed by atoms with Crippen LogP contribution in [0.2, 0.25) is 0 Å². The van der Waals surface area contributed by atoms with E-state index in [0.29, 0.717) is 12.6 Å². The Kier molecular flexibility index (Phi) is 4.69. The molecule has 1 aromatic heterocycles. The zero-order valence-corrected chi connectivity index (χ0v) is 11.5. The van der Waals surface area contributed by atoms with Crippen LogP contribution in [0, 0.1) is 0 Å². The predicted octanol–water partition coefficient (Wildman–Crippen LogP) is 1.07. The second-order valence-corrected chi connectivity index (χ2v) is 5.27. The lowest BCUT2D eigenvalue weighted by Gasteiger charge is -2.36. The molecule has 0 amide bonds. The molecule has 2 heterocycles. The standard InChI is InChI=1S/C14H24N4/c1-12(2)18-7-5-17(6-8-18)11-13-3-4-16-14(9-13)10-15/h3-4,9,12H,5-8,10-11,15H2,1-2H3. The molecule has 0 atom stereocenters. The Morgan fingerprint density at radius 1 is 1.28 bits per heavy atom. The molecule has 1 aliphatic rings. The monoisotopic (exact) mass is 248 g/mol. The molecule has 2 N–H and O–H groups in total. The van der Waals surface area contributed by atoms with E-state index in [1.54, 1.807) is 0 Å². The van der Waals surface area contributed by atoms with Gasteiger partial charge in [0.2, 0.25) is 0 Å². The van der Waals surface area contributed by atoms with E-state index in [1.807, 2.05) is 6.20 Å². The van der Waals surface area contributed by atoms with Crippen molar-refractivity contribution in [1.82, 2.24) is 14.8 Å². The van der Waals surface area contributed by atoms with Crippen LogP contribution in [0.3, 0.4) is 0 Å². The first-order valence-corrected chi connectivity index (χ1v) is 6.79. The maximum atomic E-state index is 5.62. The molecular weight excluding hydrogens is 224 g/mol. The smallest absolute Gasteiger partial charge is 0.0542 e. The lowest BCUT2D eigenvalue weighted by molar-refractivity contribution is 0.104. The largest absolute Gasteiger partial charge is 0.325 e. The minimum atomic E-state index is 0.523. The Balaban J connectivity index is 1.87. The van der Waals surface area contributed by atoms with Crippen LogP contribution >= 0.6 is 0 Å². The summed E-state index contributed by atoms with van der Waals surface area (Å²) in [5, 5.41) is 0. The van der Waals surface area contributed by atoms with E-state index in [-0.39, 0.29) is 0 Å². The first kappa shape index (κ1) is 13.5. The van der Waals surface area contributed by atoms with Crippen molar-refractivity contribution in [3.05, 3.63) is 29.6 Å². The molecule has 0 saturated carbocycles. The third-order valence-corrected chi connectivity index (χ3v) is 3.63. The Hall–Kier alpha value is -0.970. The van der Waals surface area contributed by atoms with Crippen LogP contribution in [0.4, 0.5) is 0 Å². The molecule has 1 aromatic rings. The second-order valence-electron chi connectivity index (χ2n) is 5.27. The van der Waals surface area contributed by atoms with E-state index >= 15 is 0 Å². The molecule has 0 unspecified atom stereocenters. The van der Waals surface area contributed by atoms with Gasteiger partial charge in [-0.25, -0.2) is 0 Å². The van der Waals surface area contributed by atoms with E-state index in [0.717, 1.165) is 25.3 Å². The Labute approximate surface area is 110 Å². The van der Waals surface area contributed by atoms with E-state index in [2.05, 4.69) is 40.8 Å². The Morgan fingerprint density at radius 2 is 2.00 bits per heavy atom. The van der Waals surface area contributed by atoms with Crippen molar-refractivity contribution in [3.63, 3.8) is 0 Å². The highest BCUT2D eigenvalue weighted by Gasteiger charge is 2.18. The zero-order chi connectivity index (χ0) is 13.0. The molecule has 2 rings (SSSR count). The van der Waals surface area contributed by atoms with E-state index < -0.39 is 0 Å². The van der Waals surface area contributed by atoms with Crippen molar-refractivity contribution in [3.8, 4) is 0 Å². The number of nitrogens with zero attached hydrogens (tertiary/aromatic N) is 3. The van der Waals surface area contributed by atoms with Gasteiger partial charge in [0.15, 0.2) is 0 Å². The van der Waals surface area contributed by atoms with Crippen molar-refractivity contribution in [2.75, 3.05) is 26.2 Å². The minimum Gasteiger partial charge on any atom is -0.325 e. The van der Waals surface area contributed by atoms with Gasteiger partial charge in [0.1, 0.15) is 0 Å². The van der Waals surface area contributed by atoms with E-state index in [4.69, 9.17) is 5.73 Å². The molecule has 100 valence electrons. The molecule has 0 spiro atoms. The van der Waals surface area contributed by atoms with Crippen LogP contribution in [0.25, 0.3) is 0 Å². The van der Waals surface area contributed by atoms with Gasteiger partial charge in [-0.05, 0) is 31.5 Å². The molecule has 1 saturated heterocycles. The van der Waals surface area contributed by atoms with Crippen LogP contribution in [0.1, 0.15) is 25.1 Å². The molecule has 0 bridgehead atoms. The zero-order valence-electron chi connectivity index (χ0n) is 11.5. The summed E-state index contributed by atoms with van der Waals surface area (Å²) in [4.78, 5) is 9.28. The number of aromatic nitrogens is 1. The fourth-order valence-electron chi connectivity index (χ4n) is 2.43. The normalized spacial score (nSPS) is 18.4. The molecule has 0 aromatic carbocycles. The summed E-state index contributed by atoms with van der Waals surface area (Å²) in [6.07, 6.45) is 1.86. The van der Waals surface area contributed by atoms with Crippen molar-refractivity contribution >= 4 is 0 Å². The first-order chi connectivity index (χ1) is 8.69. The predicted molar refractivity (Wildman–Crippen MR) is 74.1 cm³/mol. The molecule has 18 heavy (non-hydrogen) atoms. The number of piperazine rings is 1. The van der Waals surface area contributed by atoms with Crippen molar-refractivity contribution in [1.29, 1.82) is 0 Å². The Morgan fingerprint density at radius 3 is 2.61 bits per heavy atom. The van der Waals surface area contributed by atoms with Gasteiger partial charge in [-0.1, -0.05) is 0 Å². The topological polar surface area (TPSA) is 45.4 Å². The molecule has 4 heteroatoms. The number of rotatable bonds is 4. The molecule has 0 radical (unpaired) electrons. The fourth-order valence-corrected chi connectivity index (χ4v) is 2.43. The summed E-state index contributed by atoms with van der Waals surface area (Å²) < 4.78 is 0. The van der Waals surface area contributed by atoms with Gasteiger partial charge in [0.25, 0.3) is 0 Å². The summed E-state index contributed by atoms with van der Waals surface area (Å²) in [6.45, 7) is 10.7. The lowest BCUT2D eigenvalue weighted by atomic mass is 10.2. The second kappa shape index (κ2) is 6.27. The minimum absolute atomic E-state index is 0.523. The van der Waals surface area contributed by atoms with Crippen molar-refractivity contribution in [2.24, 2.45) is 5.73 Å². The van der Waals surface area contributed by atoms with Gasteiger partial charge in [-0.2, -0.15) is 0 Å². The quantitative estimate of drug-likeness (QED) is 0.865. The highest BCUT2D eigenvalue weighted by Crippen LogP contribution is 2.10. The molecular formula is C14H24N4. The van der Waals surface area contributed by atoms with Crippen LogP contribution < -0.4 is 5.73 Å². The lowest BCUT2D eigenvalue weighted by Crippen LogP contribution is -2.48. The number of pyridine rings is 1. The van der Waals surface area contributed by atoms with Gasteiger partial charge in [-0.15, -0.1) is 0 Å². The summed E-state index contributed by atoms with van der Waals surface area (Å²) in [5.74, 6) is 0. The summed E-state index contributed by atoms with van der Waals surface area (Å²) in [5.41, 5.74) is 7.92. The van der Waals surface area contributed by atoms with Crippen LogP contribution in [-0.4, -0.2) is 47.0 Å². The van der Waals surface area contributed by atoms with E-state index in [9.17, 15) is 0 Å². The van der Waals surface area contributed by atoms with Crippen LogP contribution in [-0.2, 0) is 13.1 Å². The molecule has 1 fully saturated rings. The SMILES string of the molecule is CC(C)N1CCN(Cc2ccnc(CN)c2)CC1. The highest BCUT2D eigenvalue weighted by molar-refractivity contribution is 5.16. The summed E-state index contributed by atoms with van der Waals surface area (Å²) >= 11 is 0. The number of hydrogen-bond acceptors (Lipinski definition) is 4. The van der Waals surface area contributed by atoms with Gasteiger partial charge < -0.3 is 5.73 Å². The van der Waals surface area contributed by atoms with E-state index in [1.165, 1.54) is 18.7 Å². The van der Waals surface area contributed by atoms with Gasteiger partial charge in [0, 0.05) is 51.5 Å². The third kappa shape index (κ3) is 3.51. The molecule has 1 aliphatic heterocycles. The number of hydrogen-bond donors (Lipinski definition) is 1. The average Bonchev–Trinajstić information content (AvgIpc) is 2.39. The summed E-state index contributed by atoms with van der Waals surface area (Å²) in [6, 6.07) is 4.87.